The Hall–Kier alpha value is -2.63. The van der Waals surface area contributed by atoms with Crippen molar-refractivity contribution in [1.82, 2.24) is 14.9 Å². The third-order valence-electron chi connectivity index (χ3n) is 4.07. The van der Waals surface area contributed by atoms with E-state index in [2.05, 4.69) is 32.3 Å². The van der Waals surface area contributed by atoms with Crippen molar-refractivity contribution in [3.8, 4) is 0 Å². The molecule has 0 spiro atoms. The van der Waals surface area contributed by atoms with E-state index in [-0.39, 0.29) is 11.4 Å². The Labute approximate surface area is 148 Å². The first kappa shape index (κ1) is 17.2. The summed E-state index contributed by atoms with van der Waals surface area (Å²) in [6.07, 6.45) is 3.21. The highest BCUT2D eigenvalue weighted by Crippen LogP contribution is 2.17. The Bertz CT molecular complexity index is 701. The van der Waals surface area contributed by atoms with Crippen LogP contribution in [-0.4, -0.2) is 52.5 Å². The number of aromatic nitrogens is 2. The predicted octanol–water partition coefficient (Wildman–Crippen LogP) is 2.65. The molecule has 0 atom stereocenters. The van der Waals surface area contributed by atoms with Crippen LogP contribution in [-0.2, 0) is 0 Å². The maximum absolute atomic E-state index is 12.6. The second-order valence-corrected chi connectivity index (χ2v) is 7.29. The molecule has 2 aromatic rings. The molecule has 25 heavy (non-hydrogen) atoms. The number of amides is 1. The van der Waals surface area contributed by atoms with Crippen molar-refractivity contribution < 1.29 is 4.79 Å². The number of anilines is 2. The molecule has 1 aromatic heterocycles. The number of nitrogens with one attached hydrogen (secondary N) is 1. The molecule has 1 fully saturated rings. The maximum Gasteiger partial charge on any atom is 0.257 e. The zero-order valence-electron chi connectivity index (χ0n) is 15.1. The summed E-state index contributed by atoms with van der Waals surface area (Å²) in [5.74, 6) is 0.535. The Morgan fingerprint density at radius 2 is 1.60 bits per heavy atom. The van der Waals surface area contributed by atoms with Gasteiger partial charge in [0.05, 0.1) is 5.56 Å². The topological polar surface area (TPSA) is 61.4 Å². The van der Waals surface area contributed by atoms with Crippen LogP contribution in [0.3, 0.4) is 0 Å². The Morgan fingerprint density at radius 3 is 2.16 bits per heavy atom. The minimum absolute atomic E-state index is 0.00461. The lowest BCUT2D eigenvalue weighted by Crippen LogP contribution is -2.48. The van der Waals surface area contributed by atoms with Gasteiger partial charge in [-0.15, -0.1) is 0 Å². The summed E-state index contributed by atoms with van der Waals surface area (Å²) in [4.78, 5) is 25.3. The molecule has 6 nitrogen and oxygen atoms in total. The number of benzene rings is 1. The van der Waals surface area contributed by atoms with Crippen LogP contribution in [0.15, 0.2) is 42.7 Å². The summed E-state index contributed by atoms with van der Waals surface area (Å²) in [5.41, 5.74) is 1.63. The van der Waals surface area contributed by atoms with Crippen LogP contribution in [0.25, 0.3) is 0 Å². The highest BCUT2D eigenvalue weighted by atomic mass is 16.2. The van der Waals surface area contributed by atoms with Crippen molar-refractivity contribution in [2.24, 2.45) is 0 Å². The molecule has 1 N–H and O–H groups in total. The van der Waals surface area contributed by atoms with E-state index in [1.807, 2.05) is 43.9 Å². The van der Waals surface area contributed by atoms with Crippen LogP contribution >= 0.6 is 0 Å². The molecule has 6 heteroatoms. The number of rotatable bonds is 3. The third kappa shape index (κ3) is 4.47. The first-order chi connectivity index (χ1) is 11.9. The fraction of sp³-hybridized carbons (Fsp3) is 0.421. The van der Waals surface area contributed by atoms with E-state index in [1.165, 1.54) is 5.69 Å². The second-order valence-electron chi connectivity index (χ2n) is 7.29. The summed E-state index contributed by atoms with van der Waals surface area (Å²) in [6, 6.07) is 10.3. The van der Waals surface area contributed by atoms with Crippen molar-refractivity contribution in [3.05, 3.63) is 48.3 Å². The number of para-hydroxylation sites is 1. The summed E-state index contributed by atoms with van der Waals surface area (Å²) in [7, 11) is 0. The molecule has 1 aromatic carbocycles. The van der Waals surface area contributed by atoms with E-state index in [1.54, 1.807) is 12.4 Å². The van der Waals surface area contributed by atoms with Crippen LogP contribution in [0.1, 0.15) is 31.1 Å². The molecule has 0 radical (unpaired) electrons. The van der Waals surface area contributed by atoms with Gasteiger partial charge in [0, 0.05) is 49.8 Å². The lowest BCUT2D eigenvalue weighted by atomic mass is 10.1. The van der Waals surface area contributed by atoms with Gasteiger partial charge < -0.3 is 15.1 Å². The van der Waals surface area contributed by atoms with Gasteiger partial charge in [0.25, 0.3) is 5.91 Å². The molecule has 0 unspecified atom stereocenters. The number of piperazine rings is 1. The zero-order chi connectivity index (χ0) is 17.9. The van der Waals surface area contributed by atoms with Crippen LogP contribution in [0.5, 0.6) is 0 Å². The molecule has 1 aliphatic heterocycles. The number of hydrogen-bond acceptors (Lipinski definition) is 5. The molecule has 1 aliphatic rings. The molecular formula is C19H25N5O. The van der Waals surface area contributed by atoms with Gasteiger partial charge in [-0.2, -0.15) is 0 Å². The molecule has 0 aliphatic carbocycles. The Kier molecular flexibility index (Phi) is 4.88. The Morgan fingerprint density at radius 1 is 1.00 bits per heavy atom. The summed E-state index contributed by atoms with van der Waals surface area (Å²) >= 11 is 0. The maximum atomic E-state index is 12.6. The second kappa shape index (κ2) is 7.09. The van der Waals surface area contributed by atoms with E-state index in [0.29, 0.717) is 24.6 Å². The van der Waals surface area contributed by atoms with Gasteiger partial charge in [-0.05, 0) is 32.9 Å². The van der Waals surface area contributed by atoms with E-state index < -0.39 is 0 Å². The first-order valence-corrected chi connectivity index (χ1v) is 8.62. The number of carbonyl (C=O) groups excluding carboxylic acids is 1. The average molecular weight is 339 g/mol. The van der Waals surface area contributed by atoms with Crippen molar-refractivity contribution in [2.45, 2.75) is 26.3 Å². The van der Waals surface area contributed by atoms with E-state index in [4.69, 9.17) is 0 Å². The summed E-state index contributed by atoms with van der Waals surface area (Å²) in [5, 5.41) is 3.20. The van der Waals surface area contributed by atoms with E-state index in [0.717, 1.165) is 13.1 Å². The van der Waals surface area contributed by atoms with Gasteiger partial charge in [-0.25, -0.2) is 9.97 Å². The SMILES string of the molecule is CC(C)(C)Nc1ncc(C(=O)N2CCN(c3ccccc3)CC2)cn1. The lowest BCUT2D eigenvalue weighted by molar-refractivity contribution is 0.0746. The highest BCUT2D eigenvalue weighted by molar-refractivity contribution is 5.93. The average Bonchev–Trinajstić information content (AvgIpc) is 2.61. The van der Waals surface area contributed by atoms with Crippen molar-refractivity contribution in [3.63, 3.8) is 0 Å². The monoisotopic (exact) mass is 339 g/mol. The third-order valence-corrected chi connectivity index (χ3v) is 4.07. The highest BCUT2D eigenvalue weighted by Gasteiger charge is 2.23. The van der Waals surface area contributed by atoms with Gasteiger partial charge in [0.2, 0.25) is 5.95 Å². The van der Waals surface area contributed by atoms with Crippen LogP contribution < -0.4 is 10.2 Å². The molecule has 1 saturated heterocycles. The van der Waals surface area contributed by atoms with Gasteiger partial charge in [-0.1, -0.05) is 18.2 Å². The van der Waals surface area contributed by atoms with Gasteiger partial charge in [-0.3, -0.25) is 4.79 Å². The van der Waals surface area contributed by atoms with E-state index in [9.17, 15) is 4.79 Å². The smallest absolute Gasteiger partial charge is 0.257 e. The minimum Gasteiger partial charge on any atom is -0.368 e. The fourth-order valence-electron chi connectivity index (χ4n) is 2.83. The van der Waals surface area contributed by atoms with Gasteiger partial charge in [0.1, 0.15) is 0 Å². The number of nitrogens with zero attached hydrogens (tertiary/aromatic N) is 4. The lowest BCUT2D eigenvalue weighted by Gasteiger charge is -2.36. The molecule has 132 valence electrons. The Balaban J connectivity index is 1.59. The van der Waals surface area contributed by atoms with E-state index >= 15 is 0 Å². The minimum atomic E-state index is -0.112. The molecule has 0 bridgehead atoms. The van der Waals surface area contributed by atoms with Crippen molar-refractivity contribution in [1.29, 1.82) is 0 Å². The zero-order valence-corrected chi connectivity index (χ0v) is 15.1. The number of hydrogen-bond donors (Lipinski definition) is 1. The largest absolute Gasteiger partial charge is 0.368 e. The van der Waals surface area contributed by atoms with Gasteiger partial charge >= 0.3 is 0 Å². The van der Waals surface area contributed by atoms with Crippen LogP contribution in [0.4, 0.5) is 11.6 Å². The molecular weight excluding hydrogens is 314 g/mol. The molecule has 0 saturated carbocycles. The van der Waals surface area contributed by atoms with Crippen LogP contribution in [0.2, 0.25) is 0 Å². The summed E-state index contributed by atoms with van der Waals surface area (Å²) in [6.45, 7) is 9.21. The molecule has 2 heterocycles. The molecule has 3 rings (SSSR count). The normalized spacial score (nSPS) is 15.2. The van der Waals surface area contributed by atoms with Crippen molar-refractivity contribution >= 4 is 17.5 Å². The van der Waals surface area contributed by atoms with Gasteiger partial charge in [0.15, 0.2) is 0 Å². The quantitative estimate of drug-likeness (QED) is 0.931. The fourth-order valence-corrected chi connectivity index (χ4v) is 2.83. The molecule has 1 amide bonds. The first-order valence-electron chi connectivity index (χ1n) is 8.62. The predicted molar refractivity (Wildman–Crippen MR) is 100.0 cm³/mol. The summed E-state index contributed by atoms with van der Waals surface area (Å²) < 4.78 is 0. The van der Waals surface area contributed by atoms with Crippen LogP contribution in [0, 0.1) is 0 Å². The standard InChI is InChI=1S/C19H25N5O/c1-19(2,3)22-18-20-13-15(14-21-18)17(25)24-11-9-23(10-12-24)16-7-5-4-6-8-16/h4-8,13-14H,9-12H2,1-3H3,(H,20,21,22). The van der Waals surface area contributed by atoms with Crippen molar-refractivity contribution in [2.75, 3.05) is 36.4 Å². The number of carbonyl (C=O) groups is 1.